The van der Waals surface area contributed by atoms with E-state index in [2.05, 4.69) is 10.3 Å². The topological polar surface area (TPSA) is 60.5 Å². The van der Waals surface area contributed by atoms with E-state index < -0.39 is 0 Å². The van der Waals surface area contributed by atoms with Gasteiger partial charge in [-0.1, -0.05) is 17.7 Å². The first kappa shape index (κ1) is 17.9. The lowest BCUT2D eigenvalue weighted by Crippen LogP contribution is -2.11. The molecular weight excluding hydrogens is 348 g/mol. The van der Waals surface area contributed by atoms with E-state index in [4.69, 9.17) is 9.47 Å². The van der Waals surface area contributed by atoms with Crippen molar-refractivity contribution in [3.8, 4) is 22.8 Å². The van der Waals surface area contributed by atoms with Crippen molar-refractivity contribution in [2.75, 3.05) is 19.5 Å². The Kier molecular flexibility index (Phi) is 5.23. The van der Waals surface area contributed by atoms with Gasteiger partial charge in [-0.05, 0) is 44.2 Å². The van der Waals surface area contributed by atoms with Gasteiger partial charge in [-0.25, -0.2) is 4.98 Å². The van der Waals surface area contributed by atoms with Crippen molar-refractivity contribution >= 4 is 22.4 Å². The van der Waals surface area contributed by atoms with Gasteiger partial charge in [0.05, 0.1) is 19.9 Å². The van der Waals surface area contributed by atoms with E-state index in [1.165, 1.54) is 11.3 Å². The number of nitrogens with zero attached hydrogens (tertiary/aromatic N) is 1. The number of benzene rings is 2. The predicted octanol–water partition coefficient (Wildman–Crippen LogP) is 4.70. The Morgan fingerprint density at radius 1 is 1.04 bits per heavy atom. The van der Waals surface area contributed by atoms with Crippen LogP contribution in [0.3, 0.4) is 0 Å². The lowest BCUT2D eigenvalue weighted by atomic mass is 10.1. The largest absolute Gasteiger partial charge is 0.493 e. The van der Waals surface area contributed by atoms with Crippen molar-refractivity contribution in [2.24, 2.45) is 0 Å². The number of carbonyl (C=O) groups excluding carboxylic acids is 1. The highest BCUT2D eigenvalue weighted by molar-refractivity contribution is 7.16. The van der Waals surface area contributed by atoms with Gasteiger partial charge < -0.3 is 9.47 Å². The van der Waals surface area contributed by atoms with Gasteiger partial charge in [0.1, 0.15) is 0 Å². The van der Waals surface area contributed by atoms with Crippen molar-refractivity contribution in [1.29, 1.82) is 0 Å². The number of hydrogen-bond donors (Lipinski definition) is 1. The number of ether oxygens (including phenoxy) is 2. The van der Waals surface area contributed by atoms with Crippen LogP contribution in [0.15, 0.2) is 42.5 Å². The Morgan fingerprint density at radius 3 is 2.50 bits per heavy atom. The van der Waals surface area contributed by atoms with Gasteiger partial charge in [-0.3, -0.25) is 10.1 Å². The Labute approximate surface area is 156 Å². The number of amides is 1. The smallest absolute Gasteiger partial charge is 0.257 e. The Bertz CT molecular complexity index is 950. The first-order valence-corrected chi connectivity index (χ1v) is 8.91. The Balaban J connectivity index is 1.86. The molecule has 0 spiro atoms. The average Bonchev–Trinajstić information content (AvgIpc) is 3.01. The lowest BCUT2D eigenvalue weighted by molar-refractivity contribution is 0.102. The second-order valence-corrected chi connectivity index (χ2v) is 7.02. The average molecular weight is 368 g/mol. The number of aryl methyl sites for hydroxylation is 2. The van der Waals surface area contributed by atoms with Crippen LogP contribution in [0.4, 0.5) is 5.13 Å². The van der Waals surface area contributed by atoms with Crippen LogP contribution in [-0.4, -0.2) is 25.1 Å². The number of methoxy groups -OCH3 is 2. The summed E-state index contributed by atoms with van der Waals surface area (Å²) in [5.74, 6) is 1.14. The summed E-state index contributed by atoms with van der Waals surface area (Å²) in [5, 5.41) is 3.45. The molecule has 6 heteroatoms. The van der Waals surface area contributed by atoms with Crippen molar-refractivity contribution < 1.29 is 14.3 Å². The Hall–Kier alpha value is -2.86. The highest BCUT2D eigenvalue weighted by atomic mass is 32.1. The molecule has 26 heavy (non-hydrogen) atoms. The number of thiazole rings is 1. The molecule has 0 saturated heterocycles. The van der Waals surface area contributed by atoms with Crippen molar-refractivity contribution in [1.82, 2.24) is 4.98 Å². The lowest BCUT2D eigenvalue weighted by Gasteiger charge is -2.08. The Morgan fingerprint density at radius 2 is 1.81 bits per heavy atom. The molecule has 5 nitrogen and oxygen atoms in total. The van der Waals surface area contributed by atoms with E-state index in [0.717, 1.165) is 21.7 Å². The summed E-state index contributed by atoms with van der Waals surface area (Å²) < 4.78 is 10.6. The SMILES string of the molecule is COc1ccc(-c2nc(NC(=O)c3cccc(C)c3)sc2C)cc1OC. The minimum Gasteiger partial charge on any atom is -0.493 e. The van der Waals surface area contributed by atoms with Gasteiger partial charge in [0.15, 0.2) is 16.6 Å². The number of carbonyl (C=O) groups is 1. The van der Waals surface area contributed by atoms with Crippen LogP contribution in [0.1, 0.15) is 20.8 Å². The van der Waals surface area contributed by atoms with Crippen LogP contribution in [0, 0.1) is 13.8 Å². The van der Waals surface area contributed by atoms with Crippen LogP contribution in [0.5, 0.6) is 11.5 Å². The number of rotatable bonds is 5. The first-order valence-electron chi connectivity index (χ1n) is 8.09. The summed E-state index contributed by atoms with van der Waals surface area (Å²) in [6.07, 6.45) is 0. The minimum atomic E-state index is -0.165. The third-order valence-corrected chi connectivity index (χ3v) is 4.84. The summed E-state index contributed by atoms with van der Waals surface area (Å²) in [4.78, 5) is 18.0. The maximum absolute atomic E-state index is 12.4. The molecule has 0 aliphatic heterocycles. The minimum absolute atomic E-state index is 0.165. The molecule has 0 fully saturated rings. The van der Waals surface area contributed by atoms with Crippen LogP contribution in [0.25, 0.3) is 11.3 Å². The third-order valence-electron chi connectivity index (χ3n) is 3.95. The highest BCUT2D eigenvalue weighted by Gasteiger charge is 2.15. The normalized spacial score (nSPS) is 10.5. The third kappa shape index (κ3) is 3.70. The standard InChI is InChI=1S/C20H20N2O3S/c1-12-6-5-7-15(10-12)19(23)22-20-21-18(13(2)26-20)14-8-9-16(24-3)17(11-14)25-4/h5-11H,1-4H3,(H,21,22,23). The van der Waals surface area contributed by atoms with E-state index in [-0.39, 0.29) is 5.91 Å². The van der Waals surface area contributed by atoms with Gasteiger partial charge in [0.25, 0.3) is 5.91 Å². The fourth-order valence-corrected chi connectivity index (χ4v) is 3.49. The maximum Gasteiger partial charge on any atom is 0.257 e. The fourth-order valence-electron chi connectivity index (χ4n) is 2.66. The van der Waals surface area contributed by atoms with Crippen molar-refractivity contribution in [3.05, 3.63) is 58.5 Å². The zero-order valence-electron chi connectivity index (χ0n) is 15.1. The zero-order valence-corrected chi connectivity index (χ0v) is 15.9. The van der Waals surface area contributed by atoms with Crippen molar-refractivity contribution in [3.63, 3.8) is 0 Å². The molecule has 134 valence electrons. The van der Waals surface area contributed by atoms with Gasteiger partial charge in [-0.15, -0.1) is 11.3 Å². The van der Waals surface area contributed by atoms with E-state index in [1.54, 1.807) is 20.3 Å². The molecule has 0 saturated carbocycles. The molecule has 1 amide bonds. The quantitative estimate of drug-likeness (QED) is 0.709. The zero-order chi connectivity index (χ0) is 18.7. The molecular formula is C20H20N2O3S. The molecule has 0 unspecified atom stereocenters. The number of anilines is 1. The summed E-state index contributed by atoms with van der Waals surface area (Å²) in [6, 6.07) is 13.1. The summed E-state index contributed by atoms with van der Waals surface area (Å²) >= 11 is 1.44. The molecule has 2 aromatic carbocycles. The van der Waals surface area contributed by atoms with Gasteiger partial charge in [0, 0.05) is 16.0 Å². The number of aromatic nitrogens is 1. The molecule has 1 N–H and O–H groups in total. The van der Waals surface area contributed by atoms with Crippen LogP contribution in [0.2, 0.25) is 0 Å². The van der Waals surface area contributed by atoms with E-state index >= 15 is 0 Å². The van der Waals surface area contributed by atoms with Crippen LogP contribution in [-0.2, 0) is 0 Å². The summed E-state index contributed by atoms with van der Waals surface area (Å²) in [7, 11) is 3.20. The number of hydrogen-bond acceptors (Lipinski definition) is 5. The van der Waals surface area contributed by atoms with Gasteiger partial charge in [0.2, 0.25) is 0 Å². The van der Waals surface area contributed by atoms with Gasteiger partial charge >= 0.3 is 0 Å². The molecule has 3 aromatic rings. The summed E-state index contributed by atoms with van der Waals surface area (Å²) in [6.45, 7) is 3.94. The monoisotopic (exact) mass is 368 g/mol. The first-order chi connectivity index (χ1) is 12.5. The fraction of sp³-hybridized carbons (Fsp3) is 0.200. The molecule has 1 aromatic heterocycles. The van der Waals surface area contributed by atoms with E-state index in [9.17, 15) is 4.79 Å². The molecule has 0 aliphatic carbocycles. The van der Waals surface area contributed by atoms with Crippen LogP contribution < -0.4 is 14.8 Å². The van der Waals surface area contributed by atoms with Crippen molar-refractivity contribution in [2.45, 2.75) is 13.8 Å². The maximum atomic E-state index is 12.4. The molecule has 0 bridgehead atoms. The predicted molar refractivity (Wildman–Crippen MR) is 105 cm³/mol. The molecule has 0 radical (unpaired) electrons. The van der Waals surface area contributed by atoms with Crippen LogP contribution >= 0.6 is 11.3 Å². The molecule has 3 rings (SSSR count). The van der Waals surface area contributed by atoms with E-state index in [0.29, 0.717) is 22.2 Å². The van der Waals surface area contributed by atoms with E-state index in [1.807, 2.05) is 50.2 Å². The molecule has 1 heterocycles. The molecule has 0 aliphatic rings. The second-order valence-electron chi connectivity index (χ2n) is 5.82. The highest BCUT2D eigenvalue weighted by Crippen LogP contribution is 2.36. The molecule has 0 atom stereocenters. The number of nitrogens with one attached hydrogen (secondary N) is 1. The summed E-state index contributed by atoms with van der Waals surface area (Å²) in [5.41, 5.74) is 3.38. The van der Waals surface area contributed by atoms with Gasteiger partial charge in [-0.2, -0.15) is 0 Å². The second kappa shape index (κ2) is 7.58.